The number of fused-ring (bicyclic) bond motifs is 1. The molecule has 2 unspecified atom stereocenters. The highest BCUT2D eigenvalue weighted by Crippen LogP contribution is 2.38. The van der Waals surface area contributed by atoms with Crippen molar-refractivity contribution in [3.05, 3.63) is 29.0 Å². The normalized spacial score (nSPS) is 23.8. The minimum Gasteiger partial charge on any atom is -0.331 e. The molecule has 3 rings (SSSR count). The Morgan fingerprint density at radius 2 is 2.22 bits per heavy atom. The van der Waals surface area contributed by atoms with Crippen LogP contribution in [0.1, 0.15) is 32.2 Å². The van der Waals surface area contributed by atoms with E-state index in [-0.39, 0.29) is 0 Å². The van der Waals surface area contributed by atoms with Crippen molar-refractivity contribution < 1.29 is 0 Å². The third-order valence-electron chi connectivity index (χ3n) is 3.75. The molecule has 4 heteroatoms. The van der Waals surface area contributed by atoms with E-state index in [1.807, 2.05) is 0 Å². The molecule has 1 aliphatic carbocycles. The van der Waals surface area contributed by atoms with Gasteiger partial charge in [0.05, 0.1) is 11.0 Å². The van der Waals surface area contributed by atoms with Crippen LogP contribution in [0.4, 0.5) is 0 Å². The van der Waals surface area contributed by atoms with Gasteiger partial charge in [0.1, 0.15) is 0 Å². The van der Waals surface area contributed by atoms with Crippen LogP contribution in [0.2, 0.25) is 0 Å². The Bertz CT molecular complexity index is 599. The Balaban J connectivity index is 1.95. The van der Waals surface area contributed by atoms with E-state index in [0.29, 0.717) is 6.04 Å². The minimum absolute atomic E-state index is 0.581. The van der Waals surface area contributed by atoms with Crippen molar-refractivity contribution in [3.8, 4) is 0 Å². The number of rotatable bonds is 3. The monoisotopic (exact) mass is 278 g/mol. The molecule has 18 heavy (non-hydrogen) atoms. The second kappa shape index (κ2) is 5.10. The van der Waals surface area contributed by atoms with Crippen molar-refractivity contribution >= 4 is 35.0 Å². The van der Waals surface area contributed by atoms with Crippen molar-refractivity contribution in [3.63, 3.8) is 0 Å². The van der Waals surface area contributed by atoms with Gasteiger partial charge in [0.2, 0.25) is 0 Å². The summed E-state index contributed by atoms with van der Waals surface area (Å²) in [4.78, 5) is 3.32. The molecule has 1 N–H and O–H groups in total. The van der Waals surface area contributed by atoms with Gasteiger partial charge in [0.25, 0.3) is 0 Å². The zero-order valence-electron chi connectivity index (χ0n) is 10.6. The van der Waals surface area contributed by atoms with Gasteiger partial charge in [0.15, 0.2) is 4.77 Å². The number of hydrogen-bond donors (Lipinski definition) is 1. The number of nitrogens with one attached hydrogen (secondary N) is 1. The molecule has 1 aromatic heterocycles. The summed E-state index contributed by atoms with van der Waals surface area (Å²) in [7, 11) is 0. The second-order valence-corrected chi connectivity index (χ2v) is 6.83. The number of imidazole rings is 1. The Hall–Kier alpha value is -0.740. The summed E-state index contributed by atoms with van der Waals surface area (Å²) in [5.41, 5.74) is 2.42. The van der Waals surface area contributed by atoms with Crippen LogP contribution in [0.15, 0.2) is 24.3 Å². The van der Waals surface area contributed by atoms with Crippen molar-refractivity contribution in [1.82, 2.24) is 9.55 Å². The number of para-hydroxylation sites is 2. The van der Waals surface area contributed by atoms with Crippen molar-refractivity contribution in [1.29, 1.82) is 0 Å². The third kappa shape index (κ3) is 2.12. The van der Waals surface area contributed by atoms with Crippen LogP contribution in [-0.4, -0.2) is 20.6 Å². The van der Waals surface area contributed by atoms with Gasteiger partial charge in [-0.15, -0.1) is 0 Å². The molecular weight excluding hydrogens is 260 g/mol. The minimum atomic E-state index is 0.581. The lowest BCUT2D eigenvalue weighted by Gasteiger charge is -2.13. The van der Waals surface area contributed by atoms with Gasteiger partial charge >= 0.3 is 0 Å². The molecule has 1 fully saturated rings. The molecule has 1 aliphatic rings. The van der Waals surface area contributed by atoms with Crippen LogP contribution in [0.25, 0.3) is 11.0 Å². The molecule has 0 spiro atoms. The van der Waals surface area contributed by atoms with Crippen LogP contribution in [0, 0.1) is 4.77 Å². The number of thioether (sulfide) groups is 1. The van der Waals surface area contributed by atoms with E-state index in [2.05, 4.69) is 52.5 Å². The molecule has 0 radical (unpaired) electrons. The zero-order valence-corrected chi connectivity index (χ0v) is 12.2. The van der Waals surface area contributed by atoms with Crippen LogP contribution in [0.3, 0.4) is 0 Å². The molecule has 1 aromatic carbocycles. The number of aromatic nitrogens is 2. The summed E-state index contributed by atoms with van der Waals surface area (Å²) in [5.74, 6) is 1.22. The van der Waals surface area contributed by atoms with Crippen LogP contribution in [-0.2, 0) is 0 Å². The second-order valence-electron chi connectivity index (χ2n) is 4.86. The number of nitrogens with zero attached hydrogens (tertiary/aromatic N) is 1. The first-order valence-electron chi connectivity index (χ1n) is 6.60. The largest absolute Gasteiger partial charge is 0.331 e. The van der Waals surface area contributed by atoms with Gasteiger partial charge in [-0.05, 0) is 49.4 Å². The lowest BCUT2D eigenvalue weighted by molar-refractivity contribution is 0.527. The number of aromatic amines is 1. The number of H-pyrrole nitrogens is 1. The van der Waals surface area contributed by atoms with Gasteiger partial charge in [-0.1, -0.05) is 19.1 Å². The predicted octanol–water partition coefficient (Wildman–Crippen LogP) is 4.55. The maximum absolute atomic E-state index is 5.49. The Labute approximate surface area is 117 Å². The SMILES string of the molecule is CCSC1CCC(n2c(=S)[nH]c3ccccc32)C1. The van der Waals surface area contributed by atoms with Gasteiger partial charge in [-0.25, -0.2) is 0 Å². The van der Waals surface area contributed by atoms with Crippen LogP contribution in [0.5, 0.6) is 0 Å². The average Bonchev–Trinajstić information content (AvgIpc) is 2.92. The molecular formula is C14H18N2S2. The molecule has 0 saturated heterocycles. The van der Waals surface area contributed by atoms with E-state index in [1.165, 1.54) is 30.5 Å². The fraction of sp³-hybridized carbons (Fsp3) is 0.500. The molecule has 2 aromatic rings. The summed E-state index contributed by atoms with van der Waals surface area (Å²) in [5, 5.41) is 0.815. The van der Waals surface area contributed by atoms with E-state index >= 15 is 0 Å². The van der Waals surface area contributed by atoms with E-state index in [0.717, 1.165) is 15.5 Å². The highest BCUT2D eigenvalue weighted by Gasteiger charge is 2.27. The smallest absolute Gasteiger partial charge is 0.178 e. The molecule has 0 bridgehead atoms. The van der Waals surface area contributed by atoms with Gasteiger partial charge in [-0.3, -0.25) is 0 Å². The standard InChI is InChI=1S/C14H18N2S2/c1-2-18-11-8-7-10(9-11)16-13-6-4-3-5-12(13)15-14(16)17/h3-6,10-11H,2,7-9H2,1H3,(H,15,17). The third-order valence-corrected chi connectivity index (χ3v) is 5.28. The highest BCUT2D eigenvalue weighted by molar-refractivity contribution is 7.99. The summed E-state index contributed by atoms with van der Waals surface area (Å²) in [6, 6.07) is 9.01. The van der Waals surface area contributed by atoms with E-state index in [9.17, 15) is 0 Å². The molecule has 96 valence electrons. The summed E-state index contributed by atoms with van der Waals surface area (Å²) < 4.78 is 3.21. The fourth-order valence-corrected chi connectivity index (χ4v) is 4.47. The Kier molecular flexibility index (Phi) is 3.48. The topological polar surface area (TPSA) is 20.7 Å². The number of benzene rings is 1. The van der Waals surface area contributed by atoms with Gasteiger partial charge < -0.3 is 9.55 Å². The van der Waals surface area contributed by atoms with Crippen molar-refractivity contribution in [2.75, 3.05) is 5.75 Å². The van der Waals surface area contributed by atoms with E-state index < -0.39 is 0 Å². The Morgan fingerprint density at radius 3 is 3.06 bits per heavy atom. The van der Waals surface area contributed by atoms with Gasteiger partial charge in [-0.2, -0.15) is 11.8 Å². The van der Waals surface area contributed by atoms with Crippen molar-refractivity contribution in [2.45, 2.75) is 37.5 Å². The predicted molar refractivity (Wildman–Crippen MR) is 81.9 cm³/mol. The highest BCUT2D eigenvalue weighted by atomic mass is 32.2. The molecule has 0 amide bonds. The van der Waals surface area contributed by atoms with Crippen LogP contribution >= 0.6 is 24.0 Å². The molecule has 2 nitrogen and oxygen atoms in total. The summed E-state index contributed by atoms with van der Waals surface area (Å²) in [6.07, 6.45) is 3.84. The first kappa shape index (κ1) is 12.3. The lowest BCUT2D eigenvalue weighted by Crippen LogP contribution is -2.06. The first-order valence-corrected chi connectivity index (χ1v) is 8.06. The summed E-state index contributed by atoms with van der Waals surface area (Å²) in [6.45, 7) is 2.25. The Morgan fingerprint density at radius 1 is 1.39 bits per heavy atom. The fourth-order valence-electron chi connectivity index (χ4n) is 2.98. The van der Waals surface area contributed by atoms with E-state index in [4.69, 9.17) is 12.2 Å². The quantitative estimate of drug-likeness (QED) is 0.832. The van der Waals surface area contributed by atoms with Gasteiger partial charge in [0, 0.05) is 11.3 Å². The van der Waals surface area contributed by atoms with Crippen LogP contribution < -0.4 is 0 Å². The number of hydrogen-bond acceptors (Lipinski definition) is 2. The average molecular weight is 278 g/mol. The molecule has 1 saturated carbocycles. The molecule has 1 heterocycles. The maximum Gasteiger partial charge on any atom is 0.178 e. The van der Waals surface area contributed by atoms with E-state index in [1.54, 1.807) is 0 Å². The maximum atomic E-state index is 5.49. The summed E-state index contributed by atoms with van der Waals surface area (Å²) >= 11 is 7.59. The molecule has 0 aliphatic heterocycles. The lowest BCUT2D eigenvalue weighted by atomic mass is 10.2. The first-order chi connectivity index (χ1) is 8.79. The van der Waals surface area contributed by atoms with Crippen molar-refractivity contribution in [2.24, 2.45) is 0 Å². The molecule has 2 atom stereocenters. The zero-order chi connectivity index (χ0) is 12.5.